The minimum Gasteiger partial charge on any atom is -0.468 e. The molecule has 0 radical (unpaired) electrons. The first kappa shape index (κ1) is 13.8. The summed E-state index contributed by atoms with van der Waals surface area (Å²) in [5.41, 5.74) is 1.32. The van der Waals surface area contributed by atoms with E-state index in [1.54, 1.807) is 0 Å². The first-order valence-corrected chi connectivity index (χ1v) is 6.57. The van der Waals surface area contributed by atoms with Gasteiger partial charge in [0.05, 0.1) is 14.2 Å². The van der Waals surface area contributed by atoms with Crippen LogP contribution >= 0.6 is 0 Å². The molecule has 1 atom stereocenters. The highest BCUT2D eigenvalue weighted by Crippen LogP contribution is 2.50. The molecule has 0 heterocycles. The molecule has 1 fully saturated rings. The van der Waals surface area contributed by atoms with Crippen LogP contribution in [0, 0.1) is 11.3 Å². The molecule has 1 saturated carbocycles. The number of fused-ring (bicyclic) bond motifs is 1. The number of esters is 2. The predicted molar refractivity (Wildman–Crippen MR) is 70.3 cm³/mol. The van der Waals surface area contributed by atoms with Crippen LogP contribution in [0.5, 0.6) is 0 Å². The smallest absolute Gasteiger partial charge is 0.323 e. The fraction of sp³-hybridized carbons (Fsp3) is 0.600. The Bertz CT molecular complexity index is 443. The summed E-state index contributed by atoms with van der Waals surface area (Å²) in [5, 5.41) is 0. The van der Waals surface area contributed by atoms with Gasteiger partial charge >= 0.3 is 11.9 Å². The Morgan fingerprint density at radius 2 is 1.89 bits per heavy atom. The van der Waals surface area contributed by atoms with Gasteiger partial charge in [0.15, 0.2) is 5.41 Å². The second-order valence-electron chi connectivity index (χ2n) is 5.33. The molecule has 2 aliphatic rings. The number of hydrogen-bond acceptors (Lipinski definition) is 4. The molecule has 2 rings (SSSR count). The van der Waals surface area contributed by atoms with E-state index in [-0.39, 0.29) is 5.92 Å². The molecule has 0 aromatic rings. The molecule has 0 aliphatic heterocycles. The van der Waals surface area contributed by atoms with Crippen LogP contribution in [0.25, 0.3) is 0 Å². The lowest BCUT2D eigenvalue weighted by Crippen LogP contribution is -2.39. The summed E-state index contributed by atoms with van der Waals surface area (Å²) >= 11 is 0. The van der Waals surface area contributed by atoms with Gasteiger partial charge in [0, 0.05) is 0 Å². The van der Waals surface area contributed by atoms with Crippen LogP contribution < -0.4 is 0 Å². The summed E-state index contributed by atoms with van der Waals surface area (Å²) in [6.45, 7) is 2.08. The van der Waals surface area contributed by atoms with Crippen molar-refractivity contribution in [2.24, 2.45) is 11.3 Å². The van der Waals surface area contributed by atoms with Crippen molar-refractivity contribution in [2.75, 3.05) is 14.2 Å². The molecule has 0 aromatic carbocycles. The molecule has 4 heteroatoms. The van der Waals surface area contributed by atoms with Gasteiger partial charge in [-0.15, -0.1) is 0 Å². The van der Waals surface area contributed by atoms with Crippen molar-refractivity contribution in [3.8, 4) is 0 Å². The average molecular weight is 264 g/mol. The largest absolute Gasteiger partial charge is 0.468 e. The van der Waals surface area contributed by atoms with Crippen LogP contribution in [0.15, 0.2) is 23.3 Å². The highest BCUT2D eigenvalue weighted by molar-refractivity contribution is 6.01. The SMILES string of the molecule is COC(=O)C1(C(=O)OC)CC2=C(C)CCC=C[C@@H]2C1. The van der Waals surface area contributed by atoms with Crippen LogP contribution in [0.4, 0.5) is 0 Å². The van der Waals surface area contributed by atoms with E-state index in [0.717, 1.165) is 12.8 Å². The van der Waals surface area contributed by atoms with Gasteiger partial charge in [-0.1, -0.05) is 23.3 Å². The maximum Gasteiger partial charge on any atom is 0.323 e. The lowest BCUT2D eigenvalue weighted by atomic mass is 9.84. The average Bonchev–Trinajstić information content (AvgIpc) is 2.74. The van der Waals surface area contributed by atoms with Crippen molar-refractivity contribution in [3.63, 3.8) is 0 Å². The third kappa shape index (κ3) is 2.20. The van der Waals surface area contributed by atoms with Gasteiger partial charge in [0.1, 0.15) is 0 Å². The molecule has 104 valence electrons. The Balaban J connectivity index is 2.42. The van der Waals surface area contributed by atoms with E-state index < -0.39 is 17.4 Å². The second-order valence-corrected chi connectivity index (χ2v) is 5.33. The minimum absolute atomic E-state index is 0.153. The van der Waals surface area contributed by atoms with Crippen LogP contribution in [0.3, 0.4) is 0 Å². The minimum atomic E-state index is -1.16. The molecule has 2 aliphatic carbocycles. The van der Waals surface area contributed by atoms with E-state index in [1.165, 1.54) is 25.4 Å². The van der Waals surface area contributed by atoms with Gasteiger partial charge in [-0.2, -0.15) is 0 Å². The third-order valence-electron chi connectivity index (χ3n) is 4.26. The van der Waals surface area contributed by atoms with E-state index in [4.69, 9.17) is 9.47 Å². The molecule has 0 N–H and O–H groups in total. The zero-order chi connectivity index (χ0) is 14.0. The zero-order valence-electron chi connectivity index (χ0n) is 11.7. The fourth-order valence-electron chi connectivity index (χ4n) is 3.18. The van der Waals surface area contributed by atoms with E-state index in [9.17, 15) is 9.59 Å². The molecular weight excluding hydrogens is 244 g/mol. The number of allylic oxidation sites excluding steroid dienone is 4. The molecule has 19 heavy (non-hydrogen) atoms. The Morgan fingerprint density at radius 1 is 1.26 bits per heavy atom. The topological polar surface area (TPSA) is 52.6 Å². The van der Waals surface area contributed by atoms with E-state index in [2.05, 4.69) is 19.1 Å². The lowest BCUT2D eigenvalue weighted by Gasteiger charge is -2.22. The number of carbonyl (C=O) groups is 2. The molecule has 0 aromatic heterocycles. The molecule has 0 unspecified atom stereocenters. The van der Waals surface area contributed by atoms with Crippen molar-refractivity contribution < 1.29 is 19.1 Å². The summed E-state index contributed by atoms with van der Waals surface area (Å²) in [5.74, 6) is -0.817. The second kappa shape index (κ2) is 5.19. The van der Waals surface area contributed by atoms with Gasteiger partial charge in [0.2, 0.25) is 0 Å². The van der Waals surface area contributed by atoms with Crippen LogP contribution in [0.1, 0.15) is 32.6 Å². The van der Waals surface area contributed by atoms with E-state index >= 15 is 0 Å². The van der Waals surface area contributed by atoms with Gasteiger partial charge < -0.3 is 9.47 Å². The van der Waals surface area contributed by atoms with Gasteiger partial charge in [-0.3, -0.25) is 9.59 Å². The first-order chi connectivity index (χ1) is 9.05. The highest BCUT2D eigenvalue weighted by Gasteiger charge is 2.55. The van der Waals surface area contributed by atoms with Gasteiger partial charge in [-0.05, 0) is 38.5 Å². The molecule has 0 bridgehead atoms. The first-order valence-electron chi connectivity index (χ1n) is 6.57. The summed E-state index contributed by atoms with van der Waals surface area (Å²) in [4.78, 5) is 24.2. The predicted octanol–water partition coefficient (Wildman–Crippen LogP) is 2.40. The summed E-state index contributed by atoms with van der Waals surface area (Å²) in [6.07, 6.45) is 7.13. The van der Waals surface area contributed by atoms with Gasteiger partial charge in [0.25, 0.3) is 0 Å². The molecule has 4 nitrogen and oxygen atoms in total. The highest BCUT2D eigenvalue weighted by atomic mass is 16.5. The molecular formula is C15H20O4. The Hall–Kier alpha value is -1.58. The standard InChI is InChI=1S/C15H20O4/c1-10-6-4-5-7-11-8-15(9-12(10)11,13(16)18-2)14(17)19-3/h5,7,11H,4,6,8-9H2,1-3H3/t11-/m1/s1. The fourth-order valence-corrected chi connectivity index (χ4v) is 3.18. The van der Waals surface area contributed by atoms with Crippen molar-refractivity contribution in [1.29, 1.82) is 0 Å². The van der Waals surface area contributed by atoms with E-state index in [0.29, 0.717) is 12.8 Å². The summed E-state index contributed by atoms with van der Waals surface area (Å²) < 4.78 is 9.69. The Kier molecular flexibility index (Phi) is 3.78. The number of ether oxygens (including phenoxy) is 2. The third-order valence-corrected chi connectivity index (χ3v) is 4.26. The molecule has 0 spiro atoms. The lowest BCUT2D eigenvalue weighted by molar-refractivity contribution is -0.168. The number of methoxy groups -OCH3 is 2. The number of carbonyl (C=O) groups excluding carboxylic acids is 2. The molecule has 0 amide bonds. The number of rotatable bonds is 2. The summed E-state index contributed by atoms with van der Waals surface area (Å²) in [6, 6.07) is 0. The molecule has 0 saturated heterocycles. The van der Waals surface area contributed by atoms with Crippen molar-refractivity contribution in [3.05, 3.63) is 23.3 Å². The van der Waals surface area contributed by atoms with Gasteiger partial charge in [-0.25, -0.2) is 0 Å². The van der Waals surface area contributed by atoms with Crippen molar-refractivity contribution in [2.45, 2.75) is 32.6 Å². The normalized spacial score (nSPS) is 24.7. The zero-order valence-corrected chi connectivity index (χ0v) is 11.7. The summed E-state index contributed by atoms with van der Waals surface area (Å²) in [7, 11) is 2.64. The monoisotopic (exact) mass is 264 g/mol. The maximum atomic E-state index is 12.1. The number of hydrogen-bond donors (Lipinski definition) is 0. The van der Waals surface area contributed by atoms with Crippen LogP contribution in [-0.2, 0) is 19.1 Å². The Morgan fingerprint density at radius 3 is 2.47 bits per heavy atom. The van der Waals surface area contributed by atoms with Crippen molar-refractivity contribution in [1.82, 2.24) is 0 Å². The quantitative estimate of drug-likeness (QED) is 0.436. The van der Waals surface area contributed by atoms with E-state index in [1.807, 2.05) is 0 Å². The van der Waals surface area contributed by atoms with Crippen LogP contribution in [-0.4, -0.2) is 26.2 Å². The Labute approximate surface area is 113 Å². The van der Waals surface area contributed by atoms with Crippen molar-refractivity contribution >= 4 is 11.9 Å². The van der Waals surface area contributed by atoms with Crippen LogP contribution in [0.2, 0.25) is 0 Å². The maximum absolute atomic E-state index is 12.1.